The van der Waals surface area contributed by atoms with Gasteiger partial charge >= 0.3 is 6.09 Å². The van der Waals surface area contributed by atoms with E-state index >= 15 is 0 Å². The van der Waals surface area contributed by atoms with Crippen LogP contribution in [0.4, 0.5) is 4.79 Å². The first-order chi connectivity index (χ1) is 15.5. The van der Waals surface area contributed by atoms with Crippen molar-refractivity contribution in [2.75, 3.05) is 26.7 Å². The number of carbonyl (C=O) groups is 2. The summed E-state index contributed by atoms with van der Waals surface area (Å²) in [5.74, 6) is 1.45. The monoisotopic (exact) mass is 455 g/mol. The molecule has 33 heavy (non-hydrogen) atoms. The maximum atomic E-state index is 13.1. The Morgan fingerprint density at radius 1 is 1.18 bits per heavy atom. The van der Waals surface area contributed by atoms with Crippen LogP contribution in [0, 0.1) is 12.8 Å². The predicted molar refractivity (Wildman–Crippen MR) is 128 cm³/mol. The largest absolute Gasteiger partial charge is 0.444 e. The van der Waals surface area contributed by atoms with Crippen molar-refractivity contribution in [1.29, 1.82) is 0 Å². The highest BCUT2D eigenvalue weighted by Crippen LogP contribution is 2.24. The van der Waals surface area contributed by atoms with Crippen molar-refractivity contribution in [2.45, 2.75) is 65.9 Å². The minimum atomic E-state index is -0.509. The Kier molecular flexibility index (Phi) is 7.44. The number of benzene rings is 1. The van der Waals surface area contributed by atoms with Gasteiger partial charge in [0.25, 0.3) is 5.91 Å². The normalized spacial score (nSPS) is 15.1. The molecule has 3 rings (SSSR count). The van der Waals surface area contributed by atoms with Crippen LogP contribution >= 0.6 is 0 Å². The zero-order chi connectivity index (χ0) is 24.3. The van der Waals surface area contributed by atoms with Gasteiger partial charge in [-0.25, -0.2) is 14.5 Å². The molecule has 0 spiro atoms. The number of aromatic nitrogens is 3. The van der Waals surface area contributed by atoms with Crippen molar-refractivity contribution in [1.82, 2.24) is 24.6 Å². The summed E-state index contributed by atoms with van der Waals surface area (Å²) < 4.78 is 7.20. The zero-order valence-electron chi connectivity index (χ0n) is 21.0. The highest BCUT2D eigenvalue weighted by atomic mass is 16.6. The maximum Gasteiger partial charge on any atom is 0.410 e. The first kappa shape index (κ1) is 24.7. The van der Waals surface area contributed by atoms with Crippen LogP contribution in [0.5, 0.6) is 0 Å². The fourth-order valence-corrected chi connectivity index (χ4v) is 4.14. The molecular weight excluding hydrogens is 418 g/mol. The molecule has 1 aliphatic heterocycles. The molecule has 0 N–H and O–H groups in total. The molecule has 8 heteroatoms. The lowest BCUT2D eigenvalue weighted by Crippen LogP contribution is -2.43. The molecular formula is C25H37N5O3. The van der Waals surface area contributed by atoms with Crippen molar-refractivity contribution in [2.24, 2.45) is 5.92 Å². The number of amides is 2. The standard InChI is InChI=1S/C25H37N5O3/c1-17(2)20-10-8-9-11-21(20)30-18(3)26-22(27-30)23(31)29-14-12-19(13-15-29)16-28(7)24(32)33-25(4,5)6/h8-11,17,19H,12-16H2,1-7H3. The first-order valence-electron chi connectivity index (χ1n) is 11.7. The lowest BCUT2D eigenvalue weighted by atomic mass is 9.96. The minimum absolute atomic E-state index is 0.141. The van der Waals surface area contributed by atoms with E-state index in [0.717, 1.165) is 18.5 Å². The molecule has 1 aromatic carbocycles. The molecule has 0 bridgehead atoms. The van der Waals surface area contributed by atoms with E-state index in [-0.39, 0.29) is 17.8 Å². The third kappa shape index (κ3) is 6.12. The lowest BCUT2D eigenvalue weighted by molar-refractivity contribution is 0.0245. The molecule has 180 valence electrons. The number of carbonyl (C=O) groups excluding carboxylic acids is 2. The van der Waals surface area contributed by atoms with E-state index in [1.165, 1.54) is 5.56 Å². The highest BCUT2D eigenvalue weighted by Gasteiger charge is 2.29. The molecule has 0 radical (unpaired) electrons. The number of likely N-dealkylation sites (tertiary alicyclic amines) is 1. The Labute approximate surface area is 196 Å². The second kappa shape index (κ2) is 9.93. The molecule has 1 aromatic heterocycles. The van der Waals surface area contributed by atoms with Crippen molar-refractivity contribution in [3.63, 3.8) is 0 Å². The summed E-state index contributed by atoms with van der Waals surface area (Å²) >= 11 is 0. The average Bonchev–Trinajstić information content (AvgIpc) is 3.14. The number of nitrogens with zero attached hydrogens (tertiary/aromatic N) is 5. The van der Waals surface area contributed by atoms with Gasteiger partial charge in [-0.05, 0) is 64.0 Å². The summed E-state index contributed by atoms with van der Waals surface area (Å²) in [5, 5.41) is 4.57. The van der Waals surface area contributed by atoms with Crippen LogP contribution < -0.4 is 0 Å². The summed E-state index contributed by atoms with van der Waals surface area (Å²) in [6, 6.07) is 8.09. The summed E-state index contributed by atoms with van der Waals surface area (Å²) in [7, 11) is 1.76. The molecule has 0 atom stereocenters. The summed E-state index contributed by atoms with van der Waals surface area (Å²) in [6.45, 7) is 13.6. The first-order valence-corrected chi connectivity index (χ1v) is 11.7. The Hall–Kier alpha value is -2.90. The van der Waals surface area contributed by atoms with E-state index in [1.54, 1.807) is 16.6 Å². The van der Waals surface area contributed by atoms with Gasteiger partial charge in [0.1, 0.15) is 11.4 Å². The number of hydrogen-bond acceptors (Lipinski definition) is 5. The van der Waals surface area contributed by atoms with E-state index < -0.39 is 5.60 Å². The van der Waals surface area contributed by atoms with Gasteiger partial charge in [-0.1, -0.05) is 32.0 Å². The second-order valence-electron chi connectivity index (χ2n) is 10.2. The quantitative estimate of drug-likeness (QED) is 0.667. The van der Waals surface area contributed by atoms with Crippen LogP contribution in [-0.2, 0) is 4.74 Å². The van der Waals surface area contributed by atoms with Gasteiger partial charge in [0.15, 0.2) is 0 Å². The highest BCUT2D eigenvalue weighted by molar-refractivity contribution is 5.90. The number of para-hydroxylation sites is 1. The fraction of sp³-hybridized carbons (Fsp3) is 0.600. The third-order valence-electron chi connectivity index (χ3n) is 5.89. The fourth-order valence-electron chi connectivity index (χ4n) is 4.14. The number of aryl methyl sites for hydroxylation is 1. The van der Waals surface area contributed by atoms with Crippen LogP contribution in [0.2, 0.25) is 0 Å². The van der Waals surface area contributed by atoms with Gasteiger partial charge in [-0.3, -0.25) is 4.79 Å². The molecule has 0 aliphatic carbocycles. The number of hydrogen-bond donors (Lipinski definition) is 0. The second-order valence-corrected chi connectivity index (χ2v) is 10.2. The van der Waals surface area contributed by atoms with E-state index in [9.17, 15) is 9.59 Å². The number of rotatable bonds is 5. The van der Waals surface area contributed by atoms with E-state index in [1.807, 2.05) is 50.8 Å². The van der Waals surface area contributed by atoms with Crippen LogP contribution in [0.15, 0.2) is 24.3 Å². The van der Waals surface area contributed by atoms with Gasteiger partial charge < -0.3 is 14.5 Å². The predicted octanol–water partition coefficient (Wildman–Crippen LogP) is 4.42. The van der Waals surface area contributed by atoms with E-state index in [4.69, 9.17) is 4.74 Å². The van der Waals surface area contributed by atoms with E-state index in [0.29, 0.717) is 37.3 Å². The third-order valence-corrected chi connectivity index (χ3v) is 5.89. The Morgan fingerprint density at radius 3 is 2.42 bits per heavy atom. The molecule has 1 saturated heterocycles. The SMILES string of the molecule is Cc1nc(C(=O)N2CCC(CN(C)C(=O)OC(C)(C)C)CC2)nn1-c1ccccc1C(C)C. The van der Waals surface area contributed by atoms with Gasteiger partial charge in [0.2, 0.25) is 5.82 Å². The van der Waals surface area contributed by atoms with Gasteiger partial charge in [0.05, 0.1) is 5.69 Å². The Bertz CT molecular complexity index is 984. The number of ether oxygens (including phenoxy) is 1. The Balaban J connectivity index is 1.62. The van der Waals surface area contributed by atoms with Gasteiger partial charge in [-0.2, -0.15) is 0 Å². The lowest BCUT2D eigenvalue weighted by Gasteiger charge is -2.33. The maximum absolute atomic E-state index is 13.1. The van der Waals surface area contributed by atoms with Crippen LogP contribution in [-0.4, -0.2) is 68.8 Å². The molecule has 0 saturated carbocycles. The smallest absolute Gasteiger partial charge is 0.410 e. The summed E-state index contributed by atoms with van der Waals surface area (Å²) in [4.78, 5) is 33.3. The van der Waals surface area contributed by atoms with Crippen LogP contribution in [0.3, 0.4) is 0 Å². The molecule has 2 amide bonds. The zero-order valence-corrected chi connectivity index (χ0v) is 21.0. The summed E-state index contributed by atoms with van der Waals surface area (Å²) in [5.41, 5.74) is 1.62. The van der Waals surface area contributed by atoms with Gasteiger partial charge in [0, 0.05) is 26.7 Å². The topological polar surface area (TPSA) is 80.6 Å². The average molecular weight is 456 g/mol. The van der Waals surface area contributed by atoms with Crippen molar-refractivity contribution >= 4 is 12.0 Å². The molecule has 1 fully saturated rings. The van der Waals surface area contributed by atoms with Crippen molar-refractivity contribution < 1.29 is 14.3 Å². The minimum Gasteiger partial charge on any atom is -0.444 e. The van der Waals surface area contributed by atoms with Crippen molar-refractivity contribution in [3.05, 3.63) is 41.5 Å². The van der Waals surface area contributed by atoms with E-state index in [2.05, 4.69) is 30.0 Å². The molecule has 0 unspecified atom stereocenters. The Morgan fingerprint density at radius 2 is 1.82 bits per heavy atom. The van der Waals surface area contributed by atoms with Crippen LogP contribution in [0.25, 0.3) is 5.69 Å². The molecule has 2 heterocycles. The van der Waals surface area contributed by atoms with Crippen molar-refractivity contribution in [3.8, 4) is 5.69 Å². The summed E-state index contributed by atoms with van der Waals surface area (Å²) in [6.07, 6.45) is 1.34. The number of piperidine rings is 1. The van der Waals surface area contributed by atoms with Crippen LogP contribution in [0.1, 0.15) is 75.4 Å². The molecule has 1 aliphatic rings. The molecule has 2 aromatic rings. The molecule has 8 nitrogen and oxygen atoms in total. The van der Waals surface area contributed by atoms with Gasteiger partial charge in [-0.15, -0.1) is 5.10 Å².